The lowest BCUT2D eigenvalue weighted by Crippen LogP contribution is -1.82. The Morgan fingerprint density at radius 2 is 1.80 bits per heavy atom. The summed E-state index contributed by atoms with van der Waals surface area (Å²) in [6.45, 7) is 3.50. The predicted molar refractivity (Wildman–Crippen MR) is 16.9 cm³/mol. The third-order valence-electron chi connectivity index (χ3n) is 0. The number of hydrogen-bond acceptors (Lipinski definition) is 2. The van der Waals surface area contributed by atoms with Crippen LogP contribution < -0.4 is 5.73 Å². The number of nitriles is 1. The molecule has 0 saturated heterocycles. The molecule has 0 atom stereocenters. The highest BCUT2D eigenvalue weighted by molar-refractivity contribution is 5.42. The van der Waals surface area contributed by atoms with Crippen LogP contribution in [0.4, 0.5) is 0 Å². The molecule has 28 valence electrons. The minimum atomic E-state index is 0.250. The van der Waals surface area contributed by atoms with Gasteiger partial charge in [0.05, 0.1) is 0 Å². The summed E-state index contributed by atoms with van der Waals surface area (Å²) < 4.78 is 0. The van der Waals surface area contributed by atoms with E-state index in [1.807, 2.05) is 0 Å². The van der Waals surface area contributed by atoms with Crippen molar-refractivity contribution in [2.24, 2.45) is 5.73 Å². The smallest absolute Gasteiger partial charge is 0.204 e. The second-order valence-corrected chi connectivity index (χ2v) is 0.136. The predicted octanol–water partition coefficient (Wildman–Crippen LogP) is -0.759. The largest absolute Gasteiger partial charge is 0.372 e. The fraction of sp³-hybridized carbons (Fsp3) is 0. The van der Waals surface area contributed by atoms with Crippen LogP contribution in [0.15, 0.2) is 0 Å². The zero-order valence-corrected chi connectivity index (χ0v) is 2.59. The topological polar surface area (TPSA) is 66.9 Å². The van der Waals surface area contributed by atoms with E-state index in [0.717, 1.165) is 0 Å². The van der Waals surface area contributed by atoms with Crippen molar-refractivity contribution in [3.63, 3.8) is 0 Å². The fourth-order valence-corrected chi connectivity index (χ4v) is 0. The molecule has 0 aromatic heterocycles. The monoisotopic (exact) mass is 72.0 g/mol. The average molecular weight is 72.1 g/mol. The van der Waals surface area contributed by atoms with Gasteiger partial charge in [-0.1, -0.05) is 0 Å². The first-order valence-corrected chi connectivity index (χ1v) is 0.827. The molecule has 3 nitrogen and oxygen atoms in total. The van der Waals surface area contributed by atoms with Crippen LogP contribution in [0, 0.1) is 11.8 Å². The van der Waals surface area contributed by atoms with E-state index in [2.05, 4.69) is 12.3 Å². The highest BCUT2D eigenvalue weighted by Crippen LogP contribution is 0.798. The zero-order chi connectivity index (χ0) is 4.71. The lowest BCUT2D eigenvalue weighted by Gasteiger charge is -1.32. The second-order valence-electron chi connectivity index (χ2n) is 0.136. The normalized spacial score (nSPS) is 2.80. The molecule has 0 rings (SSSR count). The second kappa shape index (κ2) is 7110. The van der Waals surface area contributed by atoms with Gasteiger partial charge in [0.15, 0.2) is 0 Å². The summed E-state index contributed by atoms with van der Waals surface area (Å²) in [7, 11) is 0. The number of carbonyl (C=O) groups is 1. The summed E-state index contributed by atoms with van der Waals surface area (Å²) in [5.41, 5.74) is 4.17. The molecule has 0 saturated carbocycles. The van der Waals surface area contributed by atoms with E-state index in [0.29, 0.717) is 0 Å². The minimum Gasteiger partial charge on any atom is -0.372 e. The number of amides is 1. The van der Waals surface area contributed by atoms with Gasteiger partial charge in [0, 0.05) is 6.57 Å². The first-order chi connectivity index (χ1) is 2.41. The highest BCUT2D eigenvalue weighted by Gasteiger charge is 1.19. The number of rotatable bonds is 0. The van der Waals surface area contributed by atoms with Crippen LogP contribution in [0.5, 0.6) is 0 Å². The van der Waals surface area contributed by atoms with Gasteiger partial charge in [0.25, 0.3) is 0 Å². The van der Waals surface area contributed by atoms with E-state index in [-0.39, 0.29) is 6.41 Å². The van der Waals surface area contributed by atoms with Gasteiger partial charge in [-0.3, -0.25) is 4.79 Å². The quantitative estimate of drug-likeness (QED) is 0.382. The molecule has 0 aliphatic rings. The van der Waals surface area contributed by atoms with E-state index >= 15 is 0 Å². The van der Waals surface area contributed by atoms with Crippen LogP contribution in [0.1, 0.15) is 0 Å². The van der Waals surface area contributed by atoms with Gasteiger partial charge in [-0.15, -0.1) is 0 Å². The summed E-state index contributed by atoms with van der Waals surface area (Å²) in [5.74, 6) is 0. The lowest BCUT2D eigenvalue weighted by molar-refractivity contribution is -0.106. The van der Waals surface area contributed by atoms with Gasteiger partial charge in [0.1, 0.15) is 0 Å². The van der Waals surface area contributed by atoms with Gasteiger partial charge < -0.3 is 5.73 Å². The van der Waals surface area contributed by atoms with Gasteiger partial charge in [-0.05, 0) is 0 Å². The maximum atomic E-state index is 8.58. The number of nitrogens with two attached hydrogens (primary N) is 1. The van der Waals surface area contributed by atoms with Crippen molar-refractivity contribution < 1.29 is 4.79 Å². The molecule has 0 aromatic rings. The third kappa shape index (κ3) is 2.52. The fourth-order valence-electron chi connectivity index (χ4n) is 0. The Hall–Kier alpha value is -1.04. The third-order valence-corrected chi connectivity index (χ3v) is 0. The van der Waals surface area contributed by atoms with Crippen LogP contribution in [-0.2, 0) is 4.79 Å². The Morgan fingerprint density at radius 3 is 1.80 bits per heavy atom. The summed E-state index contributed by atoms with van der Waals surface area (Å²) in [6.07, 6.45) is 0.250. The highest BCUT2D eigenvalue weighted by atomic mass is 16.1. The van der Waals surface area contributed by atoms with Crippen LogP contribution in [0.2, 0.25) is 0 Å². The Kier molecular flexibility index (Phi) is 12800. The molecule has 0 aliphatic heterocycles. The molecule has 3 heteroatoms. The van der Waals surface area contributed by atoms with E-state index in [1.165, 1.54) is 0 Å². The molecule has 0 radical (unpaired) electrons. The van der Waals surface area contributed by atoms with Crippen molar-refractivity contribution >= 4 is 6.41 Å². The molecule has 2 N–H and O–H groups in total. The summed E-state index contributed by atoms with van der Waals surface area (Å²) in [5, 5.41) is 6.50. The van der Waals surface area contributed by atoms with Crippen LogP contribution in [-0.4, -0.2) is 6.41 Å². The van der Waals surface area contributed by atoms with Crippen molar-refractivity contribution in [2.45, 2.75) is 0 Å². The molecule has 0 aliphatic carbocycles. The van der Waals surface area contributed by atoms with Crippen molar-refractivity contribution in [1.29, 1.82) is 5.26 Å². The molecule has 0 fully saturated rings. The molecule has 0 unspecified atom stereocenters. The van der Waals surface area contributed by atoms with E-state index in [9.17, 15) is 0 Å². The van der Waals surface area contributed by atoms with Crippen LogP contribution in [0.25, 0.3) is 0 Å². The summed E-state index contributed by atoms with van der Waals surface area (Å²) >= 11 is 0. The average Bonchev–Trinajstić information content (AvgIpc) is 1.46. The zero-order valence-electron chi connectivity index (χ0n) is 2.59. The van der Waals surface area contributed by atoms with Crippen molar-refractivity contribution in [3.8, 4) is 6.57 Å². The number of carbonyl (C=O) groups excluding carboxylic acids is 1. The van der Waals surface area contributed by atoms with E-state index in [4.69, 9.17) is 10.1 Å². The standard InChI is InChI=1S/CH3NO.CHN/c2-1-3;1-2/h1H,(H2,2,3);1H. The van der Waals surface area contributed by atoms with Crippen molar-refractivity contribution in [1.82, 2.24) is 0 Å². The Morgan fingerprint density at radius 1 is 1.80 bits per heavy atom. The molecule has 0 aromatic carbocycles. The van der Waals surface area contributed by atoms with E-state index in [1.54, 1.807) is 0 Å². The Balaban J connectivity index is 0. The minimum absolute atomic E-state index is 0.250. The first kappa shape index (κ1) is 9.03. The molecule has 5 heavy (non-hydrogen) atoms. The molecule has 0 heterocycles. The van der Waals surface area contributed by atoms with Crippen LogP contribution >= 0.6 is 0 Å². The number of nitrogens with zero attached hydrogens (tertiary/aromatic N) is 1. The molecule has 1 amide bonds. The molecule has 0 spiro atoms. The van der Waals surface area contributed by atoms with Crippen LogP contribution in [0.3, 0.4) is 0 Å². The number of primary amides is 1. The lowest BCUT2D eigenvalue weighted by atomic mass is 11.5. The van der Waals surface area contributed by atoms with Gasteiger partial charge >= 0.3 is 0 Å². The summed E-state index contributed by atoms with van der Waals surface area (Å²) in [4.78, 5) is 8.58. The van der Waals surface area contributed by atoms with E-state index < -0.39 is 0 Å². The Bertz CT molecular complexity index is 31.9. The summed E-state index contributed by atoms with van der Waals surface area (Å²) in [6, 6.07) is 0. The van der Waals surface area contributed by atoms with Gasteiger partial charge in [-0.25, -0.2) is 5.26 Å². The first-order valence-electron chi connectivity index (χ1n) is 0.827. The molecule has 0 bridgehead atoms. The SMILES string of the molecule is C#N.NC=O. The maximum absolute atomic E-state index is 8.58. The van der Waals surface area contributed by atoms with Gasteiger partial charge in [0.2, 0.25) is 6.41 Å². The van der Waals surface area contributed by atoms with Crippen molar-refractivity contribution in [2.75, 3.05) is 0 Å². The van der Waals surface area contributed by atoms with Gasteiger partial charge in [-0.2, -0.15) is 0 Å². The molecular formula is C2H4N2O. The Labute approximate surface area is 30.0 Å². The maximum Gasteiger partial charge on any atom is 0.204 e. The molecular weight excluding hydrogens is 68.0 g/mol. The number of hydrogen-bond donors (Lipinski definition) is 1. The van der Waals surface area contributed by atoms with Crippen molar-refractivity contribution in [3.05, 3.63) is 0 Å².